The molecule has 1 heterocycles. The number of aliphatic hydroxyl groups excluding tert-OH is 1. The number of benzene rings is 1. The van der Waals surface area contributed by atoms with Gasteiger partial charge in [-0.25, -0.2) is 0 Å². The van der Waals surface area contributed by atoms with E-state index < -0.39 is 0 Å². The molecule has 1 saturated heterocycles. The topological polar surface area (TPSA) is 49.7 Å². The number of phenols is 1. The van der Waals surface area contributed by atoms with Crippen molar-refractivity contribution in [1.82, 2.24) is 0 Å². The van der Waals surface area contributed by atoms with E-state index in [1.807, 2.05) is 12.1 Å². The molecule has 1 aliphatic heterocycles. The average molecular weight is 194 g/mol. The van der Waals surface area contributed by atoms with Crippen LogP contribution in [0, 0.1) is 0 Å². The largest absolute Gasteiger partial charge is 0.508 e. The molecule has 1 fully saturated rings. The molecule has 0 aliphatic carbocycles. The quantitative estimate of drug-likeness (QED) is 0.714. The number of rotatable bonds is 1. The van der Waals surface area contributed by atoms with E-state index in [1.54, 1.807) is 12.1 Å². The second kappa shape index (κ2) is 3.98. The third-order valence-electron chi connectivity index (χ3n) is 2.54. The summed E-state index contributed by atoms with van der Waals surface area (Å²) in [6.45, 7) is 0.556. The fourth-order valence-electron chi connectivity index (χ4n) is 1.76. The molecule has 0 saturated carbocycles. The van der Waals surface area contributed by atoms with Gasteiger partial charge in [-0.15, -0.1) is 0 Å². The van der Waals surface area contributed by atoms with Gasteiger partial charge in [0.1, 0.15) is 5.75 Å². The maximum Gasteiger partial charge on any atom is 0.121 e. The lowest BCUT2D eigenvalue weighted by molar-refractivity contribution is -0.0455. The van der Waals surface area contributed by atoms with Crippen LogP contribution >= 0.6 is 0 Å². The first-order valence-electron chi connectivity index (χ1n) is 4.85. The molecule has 2 N–H and O–H groups in total. The van der Waals surface area contributed by atoms with E-state index in [0.717, 1.165) is 5.56 Å². The molecule has 1 aliphatic rings. The van der Waals surface area contributed by atoms with Gasteiger partial charge >= 0.3 is 0 Å². The predicted octanol–water partition coefficient (Wildman–Crippen LogP) is 1.60. The summed E-state index contributed by atoms with van der Waals surface area (Å²) in [5.41, 5.74) is 0.770. The molecule has 14 heavy (non-hydrogen) atoms. The summed E-state index contributed by atoms with van der Waals surface area (Å²) in [6, 6.07) is 7.11. The molecule has 0 aromatic heterocycles. The summed E-state index contributed by atoms with van der Waals surface area (Å²) in [5, 5.41) is 19.1. The van der Waals surface area contributed by atoms with Crippen molar-refractivity contribution in [1.29, 1.82) is 0 Å². The fraction of sp³-hybridized carbons (Fsp3) is 0.455. The normalized spacial score (nSPS) is 27.5. The van der Waals surface area contributed by atoms with Gasteiger partial charge in [0.05, 0.1) is 12.2 Å². The monoisotopic (exact) mass is 194 g/mol. The lowest BCUT2D eigenvalue weighted by atomic mass is 9.99. The zero-order valence-corrected chi connectivity index (χ0v) is 7.89. The van der Waals surface area contributed by atoms with Gasteiger partial charge in [0.15, 0.2) is 0 Å². The lowest BCUT2D eigenvalue weighted by Gasteiger charge is -2.27. The average Bonchev–Trinajstić information content (AvgIpc) is 2.18. The molecule has 0 bridgehead atoms. The Balaban J connectivity index is 2.18. The first-order valence-corrected chi connectivity index (χ1v) is 4.85. The van der Waals surface area contributed by atoms with Crippen LogP contribution < -0.4 is 0 Å². The third-order valence-corrected chi connectivity index (χ3v) is 2.54. The van der Waals surface area contributed by atoms with Gasteiger partial charge in [-0.2, -0.15) is 0 Å². The number of aromatic hydroxyl groups is 1. The van der Waals surface area contributed by atoms with E-state index >= 15 is 0 Å². The molecule has 2 rings (SSSR count). The first kappa shape index (κ1) is 9.49. The molecule has 0 amide bonds. The van der Waals surface area contributed by atoms with Crippen LogP contribution in [0.4, 0.5) is 0 Å². The molecule has 3 heteroatoms. The van der Waals surface area contributed by atoms with E-state index in [-0.39, 0.29) is 18.0 Å². The number of phenolic OH excluding ortho intramolecular Hbond substituents is 1. The standard InChI is InChI=1S/C11H14O3/c12-8-5-6-14-11(7-8)9-3-1-2-4-10(9)13/h1-4,8,11-13H,5-7H2. The van der Waals surface area contributed by atoms with Crippen LogP contribution in [-0.2, 0) is 4.74 Å². The van der Waals surface area contributed by atoms with E-state index in [9.17, 15) is 10.2 Å². The second-order valence-electron chi connectivity index (χ2n) is 3.60. The van der Waals surface area contributed by atoms with Crippen LogP contribution in [0.25, 0.3) is 0 Å². The minimum atomic E-state index is -0.312. The van der Waals surface area contributed by atoms with Gasteiger partial charge in [0.25, 0.3) is 0 Å². The molecule has 1 aromatic rings. The van der Waals surface area contributed by atoms with Crippen molar-refractivity contribution < 1.29 is 14.9 Å². The zero-order chi connectivity index (χ0) is 9.97. The Bertz CT molecular complexity index is 311. The molecule has 2 unspecified atom stereocenters. The van der Waals surface area contributed by atoms with Gasteiger partial charge in [-0.05, 0) is 12.5 Å². The third kappa shape index (κ3) is 1.89. The molecule has 3 nitrogen and oxygen atoms in total. The summed E-state index contributed by atoms with van der Waals surface area (Å²) >= 11 is 0. The van der Waals surface area contributed by atoms with E-state index in [2.05, 4.69) is 0 Å². The van der Waals surface area contributed by atoms with Crippen molar-refractivity contribution >= 4 is 0 Å². The molecule has 0 spiro atoms. The number of aliphatic hydroxyl groups is 1. The van der Waals surface area contributed by atoms with Crippen molar-refractivity contribution in [3.63, 3.8) is 0 Å². The molecule has 1 aromatic carbocycles. The first-order chi connectivity index (χ1) is 6.77. The fourth-order valence-corrected chi connectivity index (χ4v) is 1.76. The minimum absolute atomic E-state index is 0.167. The van der Waals surface area contributed by atoms with Gasteiger partial charge in [-0.1, -0.05) is 18.2 Å². The number of hydrogen-bond acceptors (Lipinski definition) is 3. The lowest BCUT2D eigenvalue weighted by Crippen LogP contribution is -2.23. The van der Waals surface area contributed by atoms with Crippen LogP contribution in [-0.4, -0.2) is 22.9 Å². The highest BCUT2D eigenvalue weighted by Gasteiger charge is 2.23. The highest BCUT2D eigenvalue weighted by Crippen LogP contribution is 2.32. The number of para-hydroxylation sites is 1. The predicted molar refractivity (Wildman–Crippen MR) is 52.0 cm³/mol. The Morgan fingerprint density at radius 3 is 2.79 bits per heavy atom. The van der Waals surface area contributed by atoms with Crippen molar-refractivity contribution in [2.75, 3.05) is 6.61 Å². The maximum absolute atomic E-state index is 9.59. The van der Waals surface area contributed by atoms with Crippen LogP contribution in [0.15, 0.2) is 24.3 Å². The van der Waals surface area contributed by atoms with E-state index in [0.29, 0.717) is 19.4 Å². The van der Waals surface area contributed by atoms with E-state index in [4.69, 9.17) is 4.74 Å². The Morgan fingerprint density at radius 1 is 1.29 bits per heavy atom. The minimum Gasteiger partial charge on any atom is -0.508 e. The summed E-state index contributed by atoms with van der Waals surface area (Å²) in [7, 11) is 0. The van der Waals surface area contributed by atoms with Gasteiger partial charge in [0.2, 0.25) is 0 Å². The second-order valence-corrected chi connectivity index (χ2v) is 3.60. The van der Waals surface area contributed by atoms with Crippen molar-refractivity contribution in [2.24, 2.45) is 0 Å². The summed E-state index contributed by atoms with van der Waals surface area (Å²) in [4.78, 5) is 0. The van der Waals surface area contributed by atoms with Gasteiger partial charge in [-0.3, -0.25) is 0 Å². The van der Waals surface area contributed by atoms with Crippen LogP contribution in [0.1, 0.15) is 24.5 Å². The smallest absolute Gasteiger partial charge is 0.121 e. The number of hydrogen-bond donors (Lipinski definition) is 2. The Morgan fingerprint density at radius 2 is 2.07 bits per heavy atom. The summed E-state index contributed by atoms with van der Waals surface area (Å²) in [5.74, 6) is 0.242. The SMILES string of the molecule is Oc1ccccc1C1CC(O)CCO1. The van der Waals surface area contributed by atoms with Crippen LogP contribution in [0.3, 0.4) is 0 Å². The summed E-state index contributed by atoms with van der Waals surface area (Å²) < 4.78 is 5.50. The molecule has 2 atom stereocenters. The van der Waals surface area contributed by atoms with Crippen molar-refractivity contribution in [3.05, 3.63) is 29.8 Å². The Hall–Kier alpha value is -1.06. The maximum atomic E-state index is 9.59. The van der Waals surface area contributed by atoms with E-state index in [1.165, 1.54) is 0 Å². The van der Waals surface area contributed by atoms with Gasteiger partial charge < -0.3 is 14.9 Å². The Labute approximate surface area is 83.0 Å². The summed E-state index contributed by atoms with van der Waals surface area (Å²) in [6.07, 6.45) is 0.773. The van der Waals surface area contributed by atoms with Crippen molar-refractivity contribution in [3.8, 4) is 5.75 Å². The number of ether oxygens (including phenoxy) is 1. The molecular formula is C11H14O3. The molecule has 76 valence electrons. The van der Waals surface area contributed by atoms with Crippen LogP contribution in [0.2, 0.25) is 0 Å². The van der Waals surface area contributed by atoms with Crippen molar-refractivity contribution in [2.45, 2.75) is 25.0 Å². The van der Waals surface area contributed by atoms with Gasteiger partial charge in [0, 0.05) is 18.6 Å². The zero-order valence-electron chi connectivity index (χ0n) is 7.89. The highest BCUT2D eigenvalue weighted by molar-refractivity contribution is 5.33. The molecule has 0 radical (unpaired) electrons. The Kier molecular flexibility index (Phi) is 2.70. The highest BCUT2D eigenvalue weighted by atomic mass is 16.5. The van der Waals surface area contributed by atoms with Crippen LogP contribution in [0.5, 0.6) is 5.75 Å². The molecular weight excluding hydrogens is 180 g/mol.